The van der Waals surface area contributed by atoms with Gasteiger partial charge in [0.05, 0.1) is 10.9 Å². The van der Waals surface area contributed by atoms with Crippen molar-refractivity contribution >= 4 is 56.1 Å². The van der Waals surface area contributed by atoms with Crippen molar-refractivity contribution in [3.8, 4) is 23.0 Å². The van der Waals surface area contributed by atoms with E-state index < -0.39 is 10.9 Å². The Morgan fingerprint density at radius 2 is 0.694 bits per heavy atom. The number of halogens is 3. The molecule has 2 nitrogen and oxygen atoms in total. The molecule has 0 atom stereocenters. The number of rotatable bonds is 7. The summed E-state index contributed by atoms with van der Waals surface area (Å²) < 4.78 is 28.0. The molecule has 0 aliphatic heterocycles. The molecule has 36 heavy (non-hydrogen) atoms. The van der Waals surface area contributed by atoms with Crippen LogP contribution in [0.15, 0.2) is 136 Å². The quantitative estimate of drug-likeness (QED) is 0.123. The second-order valence-electron chi connectivity index (χ2n) is 7.81. The highest BCUT2D eigenvalue weighted by atomic mass is 127. The van der Waals surface area contributed by atoms with Gasteiger partial charge in [0.25, 0.3) is 0 Å². The van der Waals surface area contributed by atoms with Crippen LogP contribution < -0.4 is 9.47 Å². The van der Waals surface area contributed by atoms with Crippen LogP contribution in [0.1, 0.15) is 0 Å². The van der Waals surface area contributed by atoms with Crippen molar-refractivity contribution in [2.45, 2.75) is 14.7 Å². The van der Waals surface area contributed by atoms with Crippen LogP contribution >= 0.6 is 45.2 Å². The summed E-state index contributed by atoms with van der Waals surface area (Å²) in [6, 6.07) is 38.8. The highest BCUT2D eigenvalue weighted by Crippen LogP contribution is 2.34. The second kappa shape index (κ2) is 11.7. The summed E-state index contributed by atoms with van der Waals surface area (Å²) in [5.74, 6) is 2.88. The molecule has 0 aliphatic carbocycles. The number of benzene rings is 5. The molecule has 6 heteroatoms. The zero-order valence-electron chi connectivity index (χ0n) is 18.9. The molecular formula is C30H20FI2O2S+. The summed E-state index contributed by atoms with van der Waals surface area (Å²) in [5.41, 5.74) is 0. The van der Waals surface area contributed by atoms with Gasteiger partial charge in [-0.1, -0.05) is 0 Å². The van der Waals surface area contributed by atoms with Crippen LogP contribution in [0.2, 0.25) is 0 Å². The molecule has 0 heterocycles. The van der Waals surface area contributed by atoms with E-state index in [-0.39, 0.29) is 5.82 Å². The van der Waals surface area contributed by atoms with Crippen molar-refractivity contribution in [1.29, 1.82) is 0 Å². The van der Waals surface area contributed by atoms with E-state index in [2.05, 4.69) is 69.4 Å². The zero-order valence-corrected chi connectivity index (χ0v) is 24.0. The van der Waals surface area contributed by atoms with Gasteiger partial charge in [-0.25, -0.2) is 4.39 Å². The van der Waals surface area contributed by atoms with Crippen molar-refractivity contribution < 1.29 is 13.9 Å². The van der Waals surface area contributed by atoms with E-state index >= 15 is 0 Å². The Labute approximate surface area is 240 Å². The number of ether oxygens (including phenoxy) is 2. The lowest BCUT2D eigenvalue weighted by atomic mass is 10.3. The fourth-order valence-electron chi connectivity index (χ4n) is 3.54. The third-order valence-corrected chi connectivity index (χ3v) is 8.94. The molecule has 5 aromatic rings. The van der Waals surface area contributed by atoms with Crippen LogP contribution in [0.5, 0.6) is 23.0 Å². The van der Waals surface area contributed by atoms with Gasteiger partial charge in [0.15, 0.2) is 14.7 Å². The fourth-order valence-corrected chi connectivity index (χ4v) is 6.30. The lowest BCUT2D eigenvalue weighted by molar-refractivity contribution is 0.482. The molecule has 5 aromatic carbocycles. The van der Waals surface area contributed by atoms with E-state index in [9.17, 15) is 4.39 Å². The summed E-state index contributed by atoms with van der Waals surface area (Å²) in [7, 11) is -0.418. The van der Waals surface area contributed by atoms with Gasteiger partial charge >= 0.3 is 0 Å². The topological polar surface area (TPSA) is 18.5 Å². The normalized spacial score (nSPS) is 10.9. The molecule has 0 unspecified atom stereocenters. The molecule has 0 spiro atoms. The summed E-state index contributed by atoms with van der Waals surface area (Å²) in [6.07, 6.45) is 0. The fraction of sp³-hybridized carbons (Fsp3) is 0. The molecule has 0 fully saturated rings. The Morgan fingerprint density at radius 1 is 0.417 bits per heavy atom. The van der Waals surface area contributed by atoms with E-state index in [1.54, 1.807) is 0 Å². The van der Waals surface area contributed by atoms with Crippen molar-refractivity contribution in [1.82, 2.24) is 0 Å². The van der Waals surface area contributed by atoms with Gasteiger partial charge < -0.3 is 9.47 Å². The summed E-state index contributed by atoms with van der Waals surface area (Å²) >= 11 is 4.55. The first kappa shape index (κ1) is 25.1. The molecule has 0 radical (unpaired) electrons. The van der Waals surface area contributed by atoms with Gasteiger partial charge in [0, 0.05) is 7.14 Å². The van der Waals surface area contributed by atoms with Crippen molar-refractivity contribution in [3.63, 3.8) is 0 Å². The molecule has 178 valence electrons. The molecule has 0 amide bonds. The van der Waals surface area contributed by atoms with E-state index in [1.165, 1.54) is 12.1 Å². The Morgan fingerprint density at radius 3 is 1.03 bits per heavy atom. The van der Waals surface area contributed by atoms with Gasteiger partial charge in [-0.15, -0.1) is 0 Å². The van der Waals surface area contributed by atoms with E-state index in [0.29, 0.717) is 0 Å². The second-order valence-corrected chi connectivity index (χ2v) is 12.3. The maximum Gasteiger partial charge on any atom is 0.166 e. The lowest BCUT2D eigenvalue weighted by Gasteiger charge is -2.11. The molecule has 0 saturated heterocycles. The molecule has 5 rings (SSSR count). The third kappa shape index (κ3) is 6.41. The van der Waals surface area contributed by atoms with Crippen LogP contribution in [0.4, 0.5) is 4.39 Å². The molecule has 0 bridgehead atoms. The first-order chi connectivity index (χ1) is 17.5. The molecular weight excluding hydrogens is 697 g/mol. The maximum atomic E-state index is 13.7. The Hall–Kier alpha value is -2.56. The van der Waals surface area contributed by atoms with Crippen LogP contribution in [0.25, 0.3) is 0 Å². The van der Waals surface area contributed by atoms with Crippen LogP contribution in [-0.4, -0.2) is 0 Å². The molecule has 0 N–H and O–H groups in total. The van der Waals surface area contributed by atoms with Crippen LogP contribution in [0, 0.1) is 13.0 Å². The minimum Gasteiger partial charge on any atom is -0.457 e. The van der Waals surface area contributed by atoms with Gasteiger partial charge in [-0.05, 0) is 167 Å². The first-order valence-corrected chi connectivity index (χ1v) is 14.5. The predicted octanol–water partition coefficient (Wildman–Crippen LogP) is 9.71. The Bertz CT molecular complexity index is 1330. The largest absolute Gasteiger partial charge is 0.457 e. The van der Waals surface area contributed by atoms with Gasteiger partial charge in [0.2, 0.25) is 0 Å². The highest BCUT2D eigenvalue weighted by molar-refractivity contribution is 14.1. The number of hydrogen-bond donors (Lipinski definition) is 0. The van der Waals surface area contributed by atoms with Gasteiger partial charge in [-0.3, -0.25) is 0 Å². The average molecular weight is 717 g/mol. The van der Waals surface area contributed by atoms with Crippen LogP contribution in [0.3, 0.4) is 0 Å². The van der Waals surface area contributed by atoms with Gasteiger partial charge in [-0.2, -0.15) is 0 Å². The minimum absolute atomic E-state index is 0.246. The molecule has 0 saturated carbocycles. The summed E-state index contributed by atoms with van der Waals surface area (Å²) in [5, 5.41) is 0. The summed E-state index contributed by atoms with van der Waals surface area (Å²) in [6.45, 7) is 0. The Balaban J connectivity index is 1.41. The van der Waals surface area contributed by atoms with E-state index in [1.807, 2.05) is 84.9 Å². The standard InChI is InChI=1S/C30H20FI2O2S/c31-21-1-15-28(16-2-21)36(29-17-11-26(12-18-29)34-24-7-3-22(32)4-8-24)30-19-13-27(14-20-30)35-25-9-5-23(33)6-10-25/h1-20H/q+1. The van der Waals surface area contributed by atoms with Crippen molar-refractivity contribution in [2.24, 2.45) is 0 Å². The lowest BCUT2D eigenvalue weighted by Crippen LogP contribution is -2.05. The maximum absolute atomic E-state index is 13.7. The monoisotopic (exact) mass is 717 g/mol. The van der Waals surface area contributed by atoms with Gasteiger partial charge in [0.1, 0.15) is 28.8 Å². The molecule has 0 aliphatic rings. The smallest absolute Gasteiger partial charge is 0.166 e. The average Bonchev–Trinajstić information content (AvgIpc) is 2.90. The first-order valence-electron chi connectivity index (χ1n) is 11.1. The van der Waals surface area contributed by atoms with E-state index in [4.69, 9.17) is 9.47 Å². The van der Waals surface area contributed by atoms with Crippen LogP contribution in [-0.2, 0) is 10.9 Å². The minimum atomic E-state index is -0.418. The zero-order chi connectivity index (χ0) is 24.9. The predicted molar refractivity (Wildman–Crippen MR) is 160 cm³/mol. The van der Waals surface area contributed by atoms with Crippen molar-refractivity contribution in [2.75, 3.05) is 0 Å². The Kier molecular flexibility index (Phi) is 8.13. The summed E-state index contributed by atoms with van der Waals surface area (Å²) in [4.78, 5) is 3.26. The number of hydrogen-bond acceptors (Lipinski definition) is 2. The highest BCUT2D eigenvalue weighted by Gasteiger charge is 2.29. The molecule has 0 aromatic heterocycles. The van der Waals surface area contributed by atoms with E-state index in [0.717, 1.165) is 44.8 Å². The third-order valence-electron chi connectivity index (χ3n) is 5.27. The van der Waals surface area contributed by atoms with Crippen molar-refractivity contribution in [3.05, 3.63) is 134 Å². The SMILES string of the molecule is Fc1ccc([S+](c2ccc(Oc3ccc(I)cc3)cc2)c2ccc(Oc3ccc(I)cc3)cc2)cc1.